The first-order valence-electron chi connectivity index (χ1n) is 6.17. The molecule has 0 aromatic carbocycles. The molecule has 0 aliphatic carbocycles. The van der Waals surface area contributed by atoms with E-state index in [1.54, 1.807) is 0 Å². The Balaban J connectivity index is 1.72. The van der Waals surface area contributed by atoms with Gasteiger partial charge in [0.05, 0.1) is 11.5 Å². The topological polar surface area (TPSA) is 55.4 Å². The van der Waals surface area contributed by atoms with Crippen LogP contribution in [0.15, 0.2) is 0 Å². The van der Waals surface area contributed by atoms with Crippen molar-refractivity contribution in [3.05, 3.63) is 0 Å². The van der Waals surface area contributed by atoms with Gasteiger partial charge in [-0.25, -0.2) is 8.42 Å². The monoisotopic (exact) mass is 247 g/mol. The lowest BCUT2D eigenvalue weighted by atomic mass is 10.00. The molecule has 2 heterocycles. The van der Waals surface area contributed by atoms with Crippen molar-refractivity contribution in [3.63, 3.8) is 0 Å². The zero-order valence-corrected chi connectivity index (χ0v) is 10.5. The molecule has 0 saturated carbocycles. The summed E-state index contributed by atoms with van der Waals surface area (Å²) in [6, 6.07) is 0.182. The lowest BCUT2D eigenvalue weighted by Crippen LogP contribution is -2.42. The van der Waals surface area contributed by atoms with Gasteiger partial charge in [0.15, 0.2) is 9.84 Å². The summed E-state index contributed by atoms with van der Waals surface area (Å²) in [5.41, 5.74) is 0. The SMILES string of the molecule is O=S1(=O)CCCC(NCC2CCOCC2)C1. The summed E-state index contributed by atoms with van der Waals surface area (Å²) in [5.74, 6) is 1.37. The molecule has 0 spiro atoms. The van der Waals surface area contributed by atoms with Crippen LogP contribution in [-0.4, -0.2) is 45.7 Å². The Labute approximate surface area is 97.7 Å². The molecule has 5 heteroatoms. The quantitative estimate of drug-likeness (QED) is 0.792. The summed E-state index contributed by atoms with van der Waals surface area (Å²) in [5, 5.41) is 3.41. The number of sulfone groups is 1. The van der Waals surface area contributed by atoms with Gasteiger partial charge < -0.3 is 10.1 Å². The van der Waals surface area contributed by atoms with Gasteiger partial charge in [-0.3, -0.25) is 0 Å². The Kier molecular flexibility index (Phi) is 4.21. The molecule has 0 bridgehead atoms. The highest BCUT2D eigenvalue weighted by atomic mass is 32.2. The molecule has 94 valence electrons. The van der Waals surface area contributed by atoms with Crippen LogP contribution >= 0.6 is 0 Å². The molecule has 1 atom stereocenters. The van der Waals surface area contributed by atoms with Crippen LogP contribution in [0, 0.1) is 5.92 Å². The first kappa shape index (κ1) is 12.3. The molecule has 1 N–H and O–H groups in total. The van der Waals surface area contributed by atoms with Gasteiger partial charge in [-0.05, 0) is 38.1 Å². The maximum Gasteiger partial charge on any atom is 0.151 e. The summed E-state index contributed by atoms with van der Waals surface area (Å²) >= 11 is 0. The summed E-state index contributed by atoms with van der Waals surface area (Å²) < 4.78 is 28.2. The fourth-order valence-electron chi connectivity index (χ4n) is 2.47. The second-order valence-corrected chi connectivity index (χ2v) is 7.15. The van der Waals surface area contributed by atoms with E-state index in [0.29, 0.717) is 17.4 Å². The van der Waals surface area contributed by atoms with Gasteiger partial charge in [0.2, 0.25) is 0 Å². The van der Waals surface area contributed by atoms with E-state index >= 15 is 0 Å². The molecule has 1 unspecified atom stereocenters. The molecule has 2 aliphatic rings. The van der Waals surface area contributed by atoms with Crippen LogP contribution in [0.4, 0.5) is 0 Å². The molecule has 0 aromatic rings. The highest BCUT2D eigenvalue weighted by Gasteiger charge is 2.25. The Morgan fingerprint density at radius 3 is 2.62 bits per heavy atom. The third-order valence-corrected chi connectivity index (χ3v) is 5.32. The van der Waals surface area contributed by atoms with Crippen LogP contribution in [-0.2, 0) is 14.6 Å². The summed E-state index contributed by atoms with van der Waals surface area (Å²) in [6.45, 7) is 2.66. The average molecular weight is 247 g/mol. The molecule has 2 aliphatic heterocycles. The van der Waals surface area contributed by atoms with Crippen LogP contribution in [0.3, 0.4) is 0 Å². The van der Waals surface area contributed by atoms with E-state index in [-0.39, 0.29) is 6.04 Å². The van der Waals surface area contributed by atoms with E-state index in [2.05, 4.69) is 5.32 Å². The largest absolute Gasteiger partial charge is 0.381 e. The van der Waals surface area contributed by atoms with E-state index in [4.69, 9.17) is 4.74 Å². The lowest BCUT2D eigenvalue weighted by molar-refractivity contribution is 0.0655. The number of nitrogens with one attached hydrogen (secondary N) is 1. The maximum atomic E-state index is 11.5. The smallest absolute Gasteiger partial charge is 0.151 e. The van der Waals surface area contributed by atoms with Gasteiger partial charge in [0.25, 0.3) is 0 Å². The maximum absolute atomic E-state index is 11.5. The normalized spacial score (nSPS) is 31.4. The van der Waals surface area contributed by atoms with Crippen molar-refractivity contribution in [2.75, 3.05) is 31.3 Å². The molecule has 16 heavy (non-hydrogen) atoms. The molecule has 0 radical (unpaired) electrons. The van der Waals surface area contributed by atoms with Gasteiger partial charge >= 0.3 is 0 Å². The number of hydrogen-bond acceptors (Lipinski definition) is 4. The van der Waals surface area contributed by atoms with Crippen molar-refractivity contribution in [3.8, 4) is 0 Å². The van der Waals surface area contributed by atoms with Gasteiger partial charge in [-0.15, -0.1) is 0 Å². The molecule has 2 fully saturated rings. The molecule has 2 saturated heterocycles. The predicted octanol–water partition coefficient (Wildman–Crippen LogP) is 0.580. The molecular formula is C11H21NO3S. The first-order chi connectivity index (χ1) is 7.66. The lowest BCUT2D eigenvalue weighted by Gasteiger charge is -2.27. The third-order valence-electron chi connectivity index (χ3n) is 3.50. The van der Waals surface area contributed by atoms with Gasteiger partial charge in [0.1, 0.15) is 0 Å². The second kappa shape index (κ2) is 5.47. The number of ether oxygens (including phenoxy) is 1. The Morgan fingerprint density at radius 2 is 1.94 bits per heavy atom. The van der Waals surface area contributed by atoms with Crippen LogP contribution in [0.25, 0.3) is 0 Å². The average Bonchev–Trinajstić information content (AvgIpc) is 2.27. The van der Waals surface area contributed by atoms with E-state index in [1.165, 1.54) is 0 Å². The fraction of sp³-hybridized carbons (Fsp3) is 1.00. The van der Waals surface area contributed by atoms with Crippen molar-refractivity contribution in [2.45, 2.75) is 31.7 Å². The molecule has 2 rings (SSSR count). The van der Waals surface area contributed by atoms with Crippen molar-refractivity contribution < 1.29 is 13.2 Å². The van der Waals surface area contributed by atoms with E-state index in [0.717, 1.165) is 45.4 Å². The van der Waals surface area contributed by atoms with Crippen molar-refractivity contribution >= 4 is 9.84 Å². The molecule has 0 aromatic heterocycles. The van der Waals surface area contributed by atoms with Crippen molar-refractivity contribution in [2.24, 2.45) is 5.92 Å². The van der Waals surface area contributed by atoms with E-state index in [9.17, 15) is 8.42 Å². The molecule has 0 amide bonds. The highest BCUT2D eigenvalue weighted by Crippen LogP contribution is 2.16. The zero-order chi connectivity index (χ0) is 11.4. The minimum Gasteiger partial charge on any atom is -0.381 e. The summed E-state index contributed by atoms with van der Waals surface area (Å²) in [4.78, 5) is 0. The van der Waals surface area contributed by atoms with Crippen LogP contribution in [0.5, 0.6) is 0 Å². The van der Waals surface area contributed by atoms with Gasteiger partial charge in [-0.2, -0.15) is 0 Å². The van der Waals surface area contributed by atoms with E-state index in [1.807, 2.05) is 0 Å². The van der Waals surface area contributed by atoms with Crippen LogP contribution < -0.4 is 5.32 Å². The standard InChI is InChI=1S/C11H21NO3S/c13-16(14)7-1-2-11(9-16)12-8-10-3-5-15-6-4-10/h10-12H,1-9H2. The minimum atomic E-state index is -2.77. The van der Waals surface area contributed by atoms with E-state index < -0.39 is 9.84 Å². The van der Waals surface area contributed by atoms with Crippen LogP contribution in [0.1, 0.15) is 25.7 Å². The number of rotatable bonds is 3. The Bertz CT molecular complexity index is 309. The second-order valence-electron chi connectivity index (χ2n) is 4.92. The van der Waals surface area contributed by atoms with Gasteiger partial charge in [-0.1, -0.05) is 0 Å². The zero-order valence-electron chi connectivity index (χ0n) is 9.65. The molecular weight excluding hydrogens is 226 g/mol. The first-order valence-corrected chi connectivity index (χ1v) is 7.99. The fourth-order valence-corrected chi connectivity index (χ4v) is 4.14. The predicted molar refractivity (Wildman–Crippen MR) is 63.2 cm³/mol. The minimum absolute atomic E-state index is 0.182. The summed E-state index contributed by atoms with van der Waals surface area (Å²) in [7, 11) is -2.77. The van der Waals surface area contributed by atoms with Crippen molar-refractivity contribution in [1.82, 2.24) is 5.32 Å². The van der Waals surface area contributed by atoms with Gasteiger partial charge in [0, 0.05) is 19.3 Å². The highest BCUT2D eigenvalue weighted by molar-refractivity contribution is 7.91. The summed E-state index contributed by atoms with van der Waals surface area (Å²) in [6.07, 6.45) is 4.02. The Morgan fingerprint density at radius 1 is 1.19 bits per heavy atom. The van der Waals surface area contributed by atoms with Crippen LogP contribution in [0.2, 0.25) is 0 Å². The third kappa shape index (κ3) is 3.71. The van der Waals surface area contributed by atoms with Crippen molar-refractivity contribution in [1.29, 1.82) is 0 Å². The number of hydrogen-bond donors (Lipinski definition) is 1. The molecule has 4 nitrogen and oxygen atoms in total. The Hall–Kier alpha value is -0.130.